The number of hydrogen-bond acceptors (Lipinski definition) is 3. The number of aliphatic carboxylic acids is 2. The number of unbranched alkanes of at least 4 members (excludes halogenated alkanes) is 11. The van der Waals surface area contributed by atoms with Gasteiger partial charge >= 0.3 is 11.9 Å². The number of rotatable bonds is 22. The van der Waals surface area contributed by atoms with Gasteiger partial charge in [0.1, 0.15) is 6.42 Å². The molecule has 0 heterocycles. The van der Waals surface area contributed by atoms with Crippen molar-refractivity contribution in [3.05, 3.63) is 0 Å². The van der Waals surface area contributed by atoms with Crippen molar-refractivity contribution in [2.24, 2.45) is 5.92 Å². The summed E-state index contributed by atoms with van der Waals surface area (Å²) in [5.74, 6) is -1.76. The van der Waals surface area contributed by atoms with Crippen LogP contribution in [-0.4, -0.2) is 65.3 Å². The molecule has 0 bridgehead atoms. The van der Waals surface area contributed by atoms with Crippen molar-refractivity contribution in [2.75, 3.05) is 21.1 Å². The molecule has 0 radical (unpaired) electrons. The number of hydrogen-bond donors (Lipinski definition) is 3. The maximum atomic E-state index is 12.6. The number of carbonyl (C=O) groups is 3. The van der Waals surface area contributed by atoms with Gasteiger partial charge in [-0.15, -0.1) is 0 Å². The first kappa shape index (κ1) is 33.4. The molecule has 3 N–H and O–H groups in total. The molecule has 7 nitrogen and oxygen atoms in total. The Bertz CT molecular complexity index is 615. The first-order valence-electron chi connectivity index (χ1n) is 13.9. The minimum Gasteiger partial charge on any atom is -0.481 e. The summed E-state index contributed by atoms with van der Waals surface area (Å²) in [7, 11) is 5.00. The number of carboxylic acids is 2. The summed E-state index contributed by atoms with van der Waals surface area (Å²) in [6, 6.07) is -0.765. The number of carbonyl (C=O) groups excluding carboxylic acids is 1. The molecule has 0 spiro atoms. The molecule has 0 aromatic heterocycles. The molecule has 0 saturated heterocycles. The first-order valence-corrected chi connectivity index (χ1v) is 13.9. The minimum absolute atomic E-state index is 0.0917. The van der Waals surface area contributed by atoms with Crippen LogP contribution in [0.2, 0.25) is 0 Å². The lowest BCUT2D eigenvalue weighted by Gasteiger charge is -2.46. The predicted molar refractivity (Wildman–Crippen MR) is 142 cm³/mol. The van der Waals surface area contributed by atoms with Crippen molar-refractivity contribution in [3.8, 4) is 0 Å². The van der Waals surface area contributed by atoms with Gasteiger partial charge < -0.3 is 20.0 Å². The molecule has 35 heavy (non-hydrogen) atoms. The lowest BCUT2D eigenvalue weighted by molar-refractivity contribution is -0.915. The Labute approximate surface area is 214 Å². The van der Waals surface area contributed by atoms with E-state index in [2.05, 4.69) is 19.2 Å². The van der Waals surface area contributed by atoms with Crippen LogP contribution in [0.3, 0.4) is 0 Å². The fraction of sp³-hybridized carbons (Fsp3) is 0.893. The quantitative estimate of drug-likeness (QED) is 0.125. The third kappa shape index (κ3) is 13.3. The van der Waals surface area contributed by atoms with Gasteiger partial charge in [-0.05, 0) is 18.8 Å². The maximum absolute atomic E-state index is 12.6. The Hall–Kier alpha value is -1.63. The Kier molecular flexibility index (Phi) is 16.9. The van der Waals surface area contributed by atoms with E-state index in [1.807, 2.05) is 0 Å². The summed E-state index contributed by atoms with van der Waals surface area (Å²) in [6.45, 7) is 6.37. The lowest BCUT2D eigenvalue weighted by atomic mass is 9.81. The third-order valence-electron chi connectivity index (χ3n) is 7.24. The molecular formula is C28H55N2O5+. The second-order valence-corrected chi connectivity index (χ2v) is 11.5. The van der Waals surface area contributed by atoms with Crippen molar-refractivity contribution < 1.29 is 29.1 Å². The molecule has 0 fully saturated rings. The molecule has 0 aromatic rings. The first-order chi connectivity index (χ1) is 16.4. The molecule has 0 rings (SSSR count). The second-order valence-electron chi connectivity index (χ2n) is 11.5. The molecule has 206 valence electrons. The Morgan fingerprint density at radius 2 is 1.20 bits per heavy atom. The van der Waals surface area contributed by atoms with E-state index in [-0.39, 0.29) is 10.4 Å². The zero-order valence-corrected chi connectivity index (χ0v) is 23.5. The number of amides is 1. The van der Waals surface area contributed by atoms with Crippen LogP contribution in [0.15, 0.2) is 0 Å². The molecule has 0 saturated carbocycles. The van der Waals surface area contributed by atoms with E-state index in [1.165, 1.54) is 64.2 Å². The smallest absolute Gasteiger partial charge is 0.368 e. The summed E-state index contributed by atoms with van der Waals surface area (Å²) in [4.78, 5) is 36.3. The van der Waals surface area contributed by atoms with Gasteiger partial charge in [0, 0.05) is 6.42 Å². The molecule has 0 aliphatic carbocycles. The monoisotopic (exact) mass is 499 g/mol. The molecule has 0 aromatic carbocycles. The van der Waals surface area contributed by atoms with Crippen molar-refractivity contribution in [1.29, 1.82) is 0 Å². The summed E-state index contributed by atoms with van der Waals surface area (Å²) in [6.07, 6.45) is 16.2. The standard InChI is InChI=1S/C28H54N2O5/c1-7-24(28(27(34)35,22-26(32)33)30(4,5)6)29-25(31)21-19-17-15-13-11-9-8-10-12-14-16-18-20-23(2)3/h23-24H,7-22H2,1-6H3,(H2-,29,31,32,33,34,35)/p+1. The van der Waals surface area contributed by atoms with E-state index in [4.69, 9.17) is 0 Å². The topological polar surface area (TPSA) is 104 Å². The van der Waals surface area contributed by atoms with Crippen LogP contribution in [0, 0.1) is 5.92 Å². The molecule has 0 aliphatic rings. The van der Waals surface area contributed by atoms with E-state index < -0.39 is 29.9 Å². The average molecular weight is 500 g/mol. The maximum Gasteiger partial charge on any atom is 0.368 e. The highest BCUT2D eigenvalue weighted by Gasteiger charge is 2.58. The fourth-order valence-electron chi connectivity index (χ4n) is 5.00. The second kappa shape index (κ2) is 17.7. The van der Waals surface area contributed by atoms with Crippen LogP contribution in [0.1, 0.15) is 124 Å². The fourth-order valence-corrected chi connectivity index (χ4v) is 5.00. The largest absolute Gasteiger partial charge is 0.481 e. The van der Waals surface area contributed by atoms with Crippen LogP contribution in [-0.2, 0) is 14.4 Å². The SMILES string of the molecule is CCC(NC(=O)CCCCCCCCCCCCCCC(C)C)C(CC(=O)O)(C(=O)O)[N+](C)(C)C. The van der Waals surface area contributed by atoms with Crippen LogP contribution in [0.25, 0.3) is 0 Å². The zero-order chi connectivity index (χ0) is 26.9. The molecular weight excluding hydrogens is 444 g/mol. The van der Waals surface area contributed by atoms with Gasteiger partial charge in [-0.25, -0.2) is 4.79 Å². The Balaban J connectivity index is 4.20. The van der Waals surface area contributed by atoms with Crippen LogP contribution in [0.5, 0.6) is 0 Å². The van der Waals surface area contributed by atoms with Gasteiger partial charge in [-0.2, -0.15) is 0 Å². The molecule has 7 heteroatoms. The van der Waals surface area contributed by atoms with E-state index >= 15 is 0 Å². The van der Waals surface area contributed by atoms with Gasteiger partial charge in [0.25, 0.3) is 0 Å². The number of nitrogens with one attached hydrogen (secondary N) is 1. The highest BCUT2D eigenvalue weighted by Crippen LogP contribution is 2.30. The summed E-state index contributed by atoms with van der Waals surface area (Å²) >= 11 is 0. The van der Waals surface area contributed by atoms with Crippen LogP contribution in [0.4, 0.5) is 0 Å². The number of likely N-dealkylation sites (N-methyl/N-ethyl adjacent to an activating group) is 1. The summed E-state index contributed by atoms with van der Waals surface area (Å²) < 4.78 is -0.0917. The molecule has 1 amide bonds. The Morgan fingerprint density at radius 1 is 0.771 bits per heavy atom. The summed E-state index contributed by atoms with van der Waals surface area (Å²) in [5, 5.41) is 22.3. The van der Waals surface area contributed by atoms with Crippen molar-refractivity contribution in [2.45, 2.75) is 135 Å². The number of nitrogens with zero attached hydrogens (tertiary/aromatic N) is 1. The van der Waals surface area contributed by atoms with E-state index in [9.17, 15) is 24.6 Å². The number of carboxylic acid groups (broad SMARTS) is 2. The summed E-state index contributed by atoms with van der Waals surface area (Å²) in [5.41, 5.74) is -1.63. The lowest BCUT2D eigenvalue weighted by Crippen LogP contribution is -2.72. The number of quaternary nitrogens is 1. The van der Waals surface area contributed by atoms with Crippen LogP contribution >= 0.6 is 0 Å². The zero-order valence-electron chi connectivity index (χ0n) is 23.5. The van der Waals surface area contributed by atoms with Gasteiger partial charge in [-0.1, -0.05) is 97.8 Å². The van der Waals surface area contributed by atoms with Crippen molar-refractivity contribution in [3.63, 3.8) is 0 Å². The van der Waals surface area contributed by atoms with Crippen molar-refractivity contribution >= 4 is 17.8 Å². The molecule has 2 atom stereocenters. The third-order valence-corrected chi connectivity index (χ3v) is 7.24. The highest BCUT2D eigenvalue weighted by atomic mass is 16.4. The molecule has 0 aliphatic heterocycles. The van der Waals surface area contributed by atoms with Gasteiger partial charge in [0.05, 0.1) is 27.2 Å². The van der Waals surface area contributed by atoms with E-state index in [1.54, 1.807) is 28.1 Å². The normalized spacial score (nSPS) is 14.5. The minimum atomic E-state index is -1.63. The van der Waals surface area contributed by atoms with Crippen molar-refractivity contribution in [1.82, 2.24) is 5.32 Å². The van der Waals surface area contributed by atoms with Crippen LogP contribution < -0.4 is 5.32 Å². The van der Waals surface area contributed by atoms with Gasteiger partial charge in [0.15, 0.2) is 0 Å². The average Bonchev–Trinajstić information content (AvgIpc) is 2.74. The van der Waals surface area contributed by atoms with E-state index in [0.29, 0.717) is 12.8 Å². The van der Waals surface area contributed by atoms with E-state index in [0.717, 1.165) is 25.2 Å². The molecule has 2 unspecified atom stereocenters. The Morgan fingerprint density at radius 3 is 1.54 bits per heavy atom. The highest BCUT2D eigenvalue weighted by molar-refractivity contribution is 5.86. The van der Waals surface area contributed by atoms with Gasteiger partial charge in [0.2, 0.25) is 11.4 Å². The predicted octanol–water partition coefficient (Wildman–Crippen LogP) is 6.00. The van der Waals surface area contributed by atoms with Gasteiger partial charge in [-0.3, -0.25) is 9.59 Å².